The number of nitrogens with two attached hydrogens (primary N) is 1. The van der Waals surface area contributed by atoms with Gasteiger partial charge < -0.3 is 10.3 Å². The van der Waals surface area contributed by atoms with E-state index in [-0.39, 0.29) is 5.41 Å². The molecule has 3 nitrogen and oxygen atoms in total. The minimum absolute atomic E-state index is 0.0410. The van der Waals surface area contributed by atoms with Crippen LogP contribution < -0.4 is 5.73 Å². The van der Waals surface area contributed by atoms with Gasteiger partial charge in [0.2, 0.25) is 0 Å². The zero-order valence-corrected chi connectivity index (χ0v) is 13.4. The largest absolute Gasteiger partial charge is 0.329 e. The number of aryl methyl sites for hydroxylation is 1. The quantitative estimate of drug-likeness (QED) is 0.871. The Labute approximate surface area is 126 Å². The maximum absolute atomic E-state index is 6.15. The van der Waals surface area contributed by atoms with Crippen LogP contribution in [0.4, 0.5) is 0 Å². The topological polar surface area (TPSA) is 43.8 Å². The molecule has 1 aromatic carbocycles. The van der Waals surface area contributed by atoms with Crippen molar-refractivity contribution in [3.63, 3.8) is 0 Å². The normalized spacial score (nSPS) is 12.2. The van der Waals surface area contributed by atoms with E-state index >= 15 is 0 Å². The van der Waals surface area contributed by atoms with Crippen molar-refractivity contribution >= 4 is 22.6 Å². The summed E-state index contributed by atoms with van der Waals surface area (Å²) in [7, 11) is 0. The van der Waals surface area contributed by atoms with Crippen molar-refractivity contribution in [1.82, 2.24) is 9.55 Å². The van der Waals surface area contributed by atoms with Crippen molar-refractivity contribution in [1.29, 1.82) is 0 Å². The van der Waals surface area contributed by atoms with E-state index in [1.165, 1.54) is 0 Å². The molecule has 2 aromatic rings. The molecule has 0 unspecified atom stereocenters. The zero-order chi connectivity index (χ0) is 14.8. The van der Waals surface area contributed by atoms with Gasteiger partial charge in [0.25, 0.3) is 0 Å². The second-order valence-electron chi connectivity index (χ2n) is 5.41. The highest BCUT2D eigenvalue weighted by atomic mass is 35.5. The molecule has 1 aromatic heterocycles. The average molecular weight is 294 g/mol. The Morgan fingerprint density at radius 3 is 2.50 bits per heavy atom. The molecule has 0 radical (unpaired) electrons. The summed E-state index contributed by atoms with van der Waals surface area (Å²) in [6.07, 6.45) is 3.07. The van der Waals surface area contributed by atoms with Crippen molar-refractivity contribution in [2.45, 2.75) is 52.0 Å². The molecule has 4 heteroatoms. The van der Waals surface area contributed by atoms with Crippen LogP contribution in [0.5, 0.6) is 0 Å². The molecule has 0 bridgehead atoms. The lowest BCUT2D eigenvalue weighted by Crippen LogP contribution is -2.36. The Morgan fingerprint density at radius 1 is 1.25 bits per heavy atom. The Kier molecular flexibility index (Phi) is 4.71. The van der Waals surface area contributed by atoms with Gasteiger partial charge in [-0.25, -0.2) is 4.98 Å². The number of hydrogen-bond acceptors (Lipinski definition) is 2. The predicted molar refractivity (Wildman–Crippen MR) is 86.3 cm³/mol. The smallest absolute Gasteiger partial charge is 0.117 e. The highest BCUT2D eigenvalue weighted by Gasteiger charge is 2.32. The number of halogens is 1. The maximum atomic E-state index is 6.15. The Morgan fingerprint density at radius 2 is 1.95 bits per heavy atom. The van der Waals surface area contributed by atoms with Crippen molar-refractivity contribution < 1.29 is 0 Å². The average Bonchev–Trinajstić information content (AvgIpc) is 2.81. The first-order valence-electron chi connectivity index (χ1n) is 7.48. The van der Waals surface area contributed by atoms with Crippen molar-refractivity contribution in [3.05, 3.63) is 29.0 Å². The highest BCUT2D eigenvalue weighted by Crippen LogP contribution is 2.33. The van der Waals surface area contributed by atoms with Gasteiger partial charge in [-0.1, -0.05) is 32.4 Å². The van der Waals surface area contributed by atoms with Crippen molar-refractivity contribution in [2.24, 2.45) is 5.73 Å². The van der Waals surface area contributed by atoms with E-state index < -0.39 is 0 Å². The fourth-order valence-corrected chi connectivity index (χ4v) is 3.06. The van der Waals surface area contributed by atoms with Gasteiger partial charge in [-0.3, -0.25) is 0 Å². The minimum Gasteiger partial charge on any atom is -0.329 e. The standard InChI is InChI=1S/C16H24ClN3/c1-4-9-20-14-10-12(17)7-8-13(14)19-15(20)16(5-2,6-3)11-18/h7-8,10H,4-6,9,11,18H2,1-3H3. The van der Waals surface area contributed by atoms with Crippen molar-refractivity contribution in [3.8, 4) is 0 Å². The van der Waals surface area contributed by atoms with Gasteiger partial charge >= 0.3 is 0 Å². The Balaban J connectivity index is 2.71. The van der Waals surface area contributed by atoms with Crippen LogP contribution in [-0.2, 0) is 12.0 Å². The van der Waals surface area contributed by atoms with Crippen LogP contribution in [-0.4, -0.2) is 16.1 Å². The van der Waals surface area contributed by atoms with Crippen LogP contribution in [0.2, 0.25) is 5.02 Å². The van der Waals surface area contributed by atoms with Crippen LogP contribution in [0.15, 0.2) is 18.2 Å². The molecular weight excluding hydrogens is 270 g/mol. The van der Waals surface area contributed by atoms with E-state index in [1.807, 2.05) is 18.2 Å². The lowest BCUT2D eigenvalue weighted by atomic mass is 9.81. The number of rotatable bonds is 6. The molecule has 110 valence electrons. The third-order valence-corrected chi connectivity index (χ3v) is 4.61. The molecule has 20 heavy (non-hydrogen) atoms. The molecule has 0 saturated heterocycles. The van der Waals surface area contributed by atoms with E-state index in [4.69, 9.17) is 22.3 Å². The van der Waals surface area contributed by atoms with Gasteiger partial charge in [-0.15, -0.1) is 0 Å². The van der Waals surface area contributed by atoms with Crippen LogP contribution in [0, 0.1) is 0 Å². The lowest BCUT2D eigenvalue weighted by Gasteiger charge is -2.30. The number of fused-ring (bicyclic) bond motifs is 1. The van der Waals surface area contributed by atoms with Crippen molar-refractivity contribution in [2.75, 3.05) is 6.54 Å². The van der Waals surface area contributed by atoms with Gasteiger partial charge in [0.05, 0.1) is 11.0 Å². The second-order valence-corrected chi connectivity index (χ2v) is 5.85. The summed E-state index contributed by atoms with van der Waals surface area (Å²) in [6.45, 7) is 8.15. The van der Waals surface area contributed by atoms with Crippen LogP contribution in [0.1, 0.15) is 45.9 Å². The predicted octanol–water partition coefficient (Wildman–Crippen LogP) is 4.12. The Bertz CT molecular complexity index is 576. The van der Waals surface area contributed by atoms with E-state index in [9.17, 15) is 0 Å². The van der Waals surface area contributed by atoms with Gasteiger partial charge in [0.1, 0.15) is 5.82 Å². The second kappa shape index (κ2) is 6.15. The summed E-state index contributed by atoms with van der Waals surface area (Å²) in [4.78, 5) is 4.88. The maximum Gasteiger partial charge on any atom is 0.117 e. The first-order chi connectivity index (χ1) is 9.61. The summed E-state index contributed by atoms with van der Waals surface area (Å²) in [6, 6.07) is 5.91. The molecule has 0 aliphatic rings. The molecule has 2 rings (SSSR count). The van der Waals surface area contributed by atoms with Crippen LogP contribution >= 0.6 is 11.6 Å². The first-order valence-corrected chi connectivity index (χ1v) is 7.86. The first kappa shape index (κ1) is 15.3. The van der Waals surface area contributed by atoms with Gasteiger partial charge in [-0.2, -0.15) is 0 Å². The summed E-state index contributed by atoms with van der Waals surface area (Å²) in [5.74, 6) is 1.11. The number of nitrogens with zero attached hydrogens (tertiary/aromatic N) is 2. The van der Waals surface area contributed by atoms with Gasteiger partial charge in [0.15, 0.2) is 0 Å². The molecule has 1 heterocycles. The van der Waals surface area contributed by atoms with E-state index in [0.717, 1.165) is 47.7 Å². The number of hydrogen-bond donors (Lipinski definition) is 1. The van der Waals surface area contributed by atoms with E-state index in [1.54, 1.807) is 0 Å². The molecule has 0 spiro atoms. The molecule has 0 atom stereocenters. The van der Waals surface area contributed by atoms with Gasteiger partial charge in [-0.05, 0) is 37.5 Å². The van der Waals surface area contributed by atoms with E-state index in [0.29, 0.717) is 6.54 Å². The van der Waals surface area contributed by atoms with Crippen LogP contribution in [0.25, 0.3) is 11.0 Å². The number of imidazole rings is 1. The molecule has 2 N–H and O–H groups in total. The van der Waals surface area contributed by atoms with E-state index in [2.05, 4.69) is 25.3 Å². The molecule has 0 amide bonds. The zero-order valence-electron chi connectivity index (χ0n) is 12.6. The minimum atomic E-state index is -0.0410. The fourth-order valence-electron chi connectivity index (χ4n) is 2.90. The summed E-state index contributed by atoms with van der Waals surface area (Å²) < 4.78 is 2.31. The molecular formula is C16H24ClN3. The fraction of sp³-hybridized carbons (Fsp3) is 0.562. The molecule has 0 aliphatic carbocycles. The summed E-state index contributed by atoms with van der Waals surface area (Å²) >= 11 is 6.15. The molecule has 0 saturated carbocycles. The monoisotopic (exact) mass is 293 g/mol. The third kappa shape index (κ3) is 2.45. The summed E-state index contributed by atoms with van der Waals surface area (Å²) in [5, 5.41) is 0.757. The van der Waals surface area contributed by atoms with Crippen LogP contribution in [0.3, 0.4) is 0 Å². The highest BCUT2D eigenvalue weighted by molar-refractivity contribution is 6.31. The third-order valence-electron chi connectivity index (χ3n) is 4.38. The molecule has 0 fully saturated rings. The lowest BCUT2D eigenvalue weighted by molar-refractivity contribution is 0.366. The Hall–Kier alpha value is -1.06. The number of aromatic nitrogens is 2. The number of benzene rings is 1. The summed E-state index contributed by atoms with van der Waals surface area (Å²) in [5.41, 5.74) is 8.19. The van der Waals surface area contributed by atoms with Gasteiger partial charge in [0, 0.05) is 23.5 Å². The SMILES string of the molecule is CCCn1c(C(CC)(CC)CN)nc2ccc(Cl)cc21. The molecule has 0 aliphatic heterocycles.